The average molecular weight is 316 g/mol. The van der Waals surface area contributed by atoms with Crippen molar-refractivity contribution in [2.75, 3.05) is 13.1 Å². The van der Waals surface area contributed by atoms with E-state index in [1.54, 1.807) is 12.1 Å². The van der Waals surface area contributed by atoms with Gasteiger partial charge in [-0.25, -0.2) is 4.39 Å². The molecular formula is C14H19BrFNO. The van der Waals surface area contributed by atoms with Crippen molar-refractivity contribution < 1.29 is 9.18 Å². The molecule has 2 nitrogen and oxygen atoms in total. The highest BCUT2D eigenvalue weighted by Gasteiger charge is 2.34. The summed E-state index contributed by atoms with van der Waals surface area (Å²) < 4.78 is 14.5. The molecule has 0 radical (unpaired) electrons. The molecule has 0 saturated heterocycles. The van der Waals surface area contributed by atoms with E-state index in [0.717, 1.165) is 13.1 Å². The summed E-state index contributed by atoms with van der Waals surface area (Å²) in [6.45, 7) is 9.17. The van der Waals surface area contributed by atoms with Gasteiger partial charge in [-0.1, -0.05) is 29.8 Å². The Morgan fingerprint density at radius 2 is 1.89 bits per heavy atom. The Labute approximate surface area is 116 Å². The minimum atomic E-state index is -0.703. The lowest BCUT2D eigenvalue weighted by Gasteiger charge is -2.35. The van der Waals surface area contributed by atoms with Crippen molar-refractivity contribution in [2.45, 2.75) is 33.2 Å². The largest absolute Gasteiger partial charge is 0.292 e. The van der Waals surface area contributed by atoms with Crippen LogP contribution in [0.5, 0.6) is 0 Å². The second kappa shape index (κ2) is 5.93. The molecule has 0 amide bonds. The van der Waals surface area contributed by atoms with E-state index in [2.05, 4.69) is 15.9 Å². The molecule has 0 saturated carbocycles. The van der Waals surface area contributed by atoms with Crippen LogP contribution < -0.4 is 0 Å². The highest BCUT2D eigenvalue weighted by atomic mass is 79.9. The first-order valence-corrected chi connectivity index (χ1v) is 6.88. The number of hydrogen-bond acceptors (Lipinski definition) is 2. The molecule has 18 heavy (non-hydrogen) atoms. The number of carbonyl (C=O) groups excluding carboxylic acids is 1. The first kappa shape index (κ1) is 15.3. The van der Waals surface area contributed by atoms with E-state index in [1.807, 2.05) is 32.6 Å². The molecule has 1 aromatic carbocycles. The number of nitrogens with zero attached hydrogens (tertiary/aromatic N) is 1. The van der Waals surface area contributed by atoms with E-state index in [9.17, 15) is 9.18 Å². The Balaban J connectivity index is 3.16. The molecule has 1 aromatic rings. The third kappa shape index (κ3) is 2.98. The third-order valence-electron chi connectivity index (χ3n) is 3.28. The maximum atomic E-state index is 13.8. The number of carbonyl (C=O) groups is 1. The lowest BCUT2D eigenvalue weighted by atomic mass is 9.91. The predicted molar refractivity (Wildman–Crippen MR) is 75.4 cm³/mol. The number of ketones is 1. The molecule has 1 rings (SSSR count). The molecule has 0 aliphatic heterocycles. The van der Waals surface area contributed by atoms with Gasteiger partial charge in [0.25, 0.3) is 0 Å². The van der Waals surface area contributed by atoms with E-state index in [4.69, 9.17) is 0 Å². The van der Waals surface area contributed by atoms with Gasteiger partial charge in [0.2, 0.25) is 0 Å². The zero-order valence-electron chi connectivity index (χ0n) is 11.3. The summed E-state index contributed by atoms with van der Waals surface area (Å²) in [5.74, 6) is -0.659. The van der Waals surface area contributed by atoms with Crippen molar-refractivity contribution in [2.24, 2.45) is 0 Å². The number of hydrogen-bond donors (Lipinski definition) is 0. The summed E-state index contributed by atoms with van der Waals surface area (Å²) in [6, 6.07) is 4.45. The van der Waals surface area contributed by atoms with Gasteiger partial charge in [0, 0.05) is 4.47 Å². The molecule has 0 N–H and O–H groups in total. The highest BCUT2D eigenvalue weighted by Crippen LogP contribution is 2.24. The van der Waals surface area contributed by atoms with E-state index >= 15 is 0 Å². The quantitative estimate of drug-likeness (QED) is 0.768. The Bertz CT molecular complexity index is 441. The van der Waals surface area contributed by atoms with E-state index in [-0.39, 0.29) is 11.3 Å². The Hall–Kier alpha value is -0.740. The Morgan fingerprint density at radius 1 is 1.33 bits per heavy atom. The summed E-state index contributed by atoms with van der Waals surface area (Å²) in [7, 11) is 0. The van der Waals surface area contributed by atoms with Gasteiger partial charge in [-0.3, -0.25) is 9.69 Å². The first-order chi connectivity index (χ1) is 8.34. The van der Waals surface area contributed by atoms with Gasteiger partial charge in [-0.15, -0.1) is 0 Å². The van der Waals surface area contributed by atoms with Crippen LogP contribution in [0, 0.1) is 5.82 Å². The van der Waals surface area contributed by atoms with E-state index in [0.29, 0.717) is 4.47 Å². The topological polar surface area (TPSA) is 20.3 Å². The molecule has 4 heteroatoms. The second-order valence-corrected chi connectivity index (χ2v) is 5.60. The fraction of sp³-hybridized carbons (Fsp3) is 0.500. The van der Waals surface area contributed by atoms with Gasteiger partial charge in [0.05, 0.1) is 11.1 Å². The zero-order chi connectivity index (χ0) is 13.9. The molecule has 0 spiro atoms. The van der Waals surface area contributed by atoms with Crippen molar-refractivity contribution in [3.05, 3.63) is 34.1 Å². The number of benzene rings is 1. The van der Waals surface area contributed by atoms with E-state index < -0.39 is 11.4 Å². The summed E-state index contributed by atoms with van der Waals surface area (Å²) in [6.07, 6.45) is 0. The molecule has 0 aromatic heterocycles. The van der Waals surface area contributed by atoms with Gasteiger partial charge in [0.15, 0.2) is 5.78 Å². The fourth-order valence-corrected chi connectivity index (χ4v) is 2.52. The third-order valence-corrected chi connectivity index (χ3v) is 3.78. The highest BCUT2D eigenvalue weighted by molar-refractivity contribution is 9.10. The minimum absolute atomic E-state index is 0.140. The van der Waals surface area contributed by atoms with Crippen LogP contribution in [0.4, 0.5) is 4.39 Å². The van der Waals surface area contributed by atoms with Gasteiger partial charge in [0.1, 0.15) is 5.82 Å². The number of halogens is 2. The molecule has 0 unspecified atom stereocenters. The van der Waals surface area contributed by atoms with Crippen LogP contribution in [0.15, 0.2) is 22.7 Å². The second-order valence-electron chi connectivity index (χ2n) is 4.68. The zero-order valence-corrected chi connectivity index (χ0v) is 12.8. The molecule has 100 valence electrons. The summed E-state index contributed by atoms with van der Waals surface area (Å²) in [4.78, 5) is 14.5. The predicted octanol–water partition coefficient (Wildman–Crippen LogP) is 3.89. The average Bonchev–Trinajstić information content (AvgIpc) is 2.32. The summed E-state index contributed by atoms with van der Waals surface area (Å²) in [5.41, 5.74) is -0.563. The van der Waals surface area contributed by atoms with Crippen molar-refractivity contribution in [3.8, 4) is 0 Å². The maximum Gasteiger partial charge on any atom is 0.185 e. The van der Waals surface area contributed by atoms with Gasteiger partial charge in [-0.2, -0.15) is 0 Å². The van der Waals surface area contributed by atoms with E-state index in [1.165, 1.54) is 6.07 Å². The van der Waals surface area contributed by atoms with Crippen LogP contribution in [-0.2, 0) is 0 Å². The smallest absolute Gasteiger partial charge is 0.185 e. The van der Waals surface area contributed by atoms with Crippen LogP contribution in [0.3, 0.4) is 0 Å². The van der Waals surface area contributed by atoms with Crippen LogP contribution in [0.2, 0.25) is 0 Å². The molecule has 0 atom stereocenters. The molecule has 0 bridgehead atoms. The SMILES string of the molecule is CCN(CC)C(C)(C)C(=O)c1cc(Br)ccc1F. The van der Waals surface area contributed by atoms with Crippen LogP contribution >= 0.6 is 15.9 Å². The number of rotatable bonds is 5. The maximum absolute atomic E-state index is 13.8. The molecule has 0 heterocycles. The molecule has 0 aliphatic carbocycles. The fourth-order valence-electron chi connectivity index (χ4n) is 2.16. The summed E-state index contributed by atoms with van der Waals surface area (Å²) in [5, 5.41) is 0. The Kier molecular flexibility index (Phi) is 5.05. The summed E-state index contributed by atoms with van der Waals surface area (Å²) >= 11 is 3.27. The van der Waals surface area contributed by atoms with Crippen LogP contribution in [0.1, 0.15) is 38.1 Å². The monoisotopic (exact) mass is 315 g/mol. The van der Waals surface area contributed by atoms with Crippen LogP contribution in [0.25, 0.3) is 0 Å². The van der Waals surface area contributed by atoms with Crippen molar-refractivity contribution >= 4 is 21.7 Å². The molecular weight excluding hydrogens is 297 g/mol. The van der Waals surface area contributed by atoms with Gasteiger partial charge >= 0.3 is 0 Å². The van der Waals surface area contributed by atoms with Gasteiger partial charge in [-0.05, 0) is 45.1 Å². The minimum Gasteiger partial charge on any atom is -0.292 e. The standard InChI is InChI=1S/C14H19BrFNO/c1-5-17(6-2)14(3,4)13(18)11-9-10(15)7-8-12(11)16/h7-9H,5-6H2,1-4H3. The van der Waals surface area contributed by atoms with Crippen molar-refractivity contribution in [3.63, 3.8) is 0 Å². The molecule has 0 fully saturated rings. The number of Topliss-reactive ketones (excluding diaryl/α,β-unsaturated/α-hetero) is 1. The van der Waals surface area contributed by atoms with Crippen LogP contribution in [-0.4, -0.2) is 29.3 Å². The lowest BCUT2D eigenvalue weighted by molar-refractivity contribution is 0.0664. The van der Waals surface area contributed by atoms with Gasteiger partial charge < -0.3 is 0 Å². The Morgan fingerprint density at radius 3 is 2.39 bits per heavy atom. The molecule has 0 aliphatic rings. The van der Waals surface area contributed by atoms with Crippen molar-refractivity contribution in [1.29, 1.82) is 0 Å². The normalized spacial score (nSPS) is 11.9. The first-order valence-electron chi connectivity index (χ1n) is 6.09. The lowest BCUT2D eigenvalue weighted by Crippen LogP contribution is -2.50. The van der Waals surface area contributed by atoms with Crippen molar-refractivity contribution in [1.82, 2.24) is 4.90 Å². The number of likely N-dealkylation sites (N-methyl/N-ethyl adjacent to an activating group) is 1.